The van der Waals surface area contributed by atoms with E-state index < -0.39 is 16.8 Å². The van der Waals surface area contributed by atoms with Crippen LogP contribution in [-0.4, -0.2) is 30.5 Å². The molecular formula is C16H16N2O5. The number of nitrogens with zero attached hydrogens (tertiary/aromatic N) is 1. The lowest BCUT2D eigenvalue weighted by Gasteiger charge is -2.13. The highest BCUT2D eigenvalue weighted by Gasteiger charge is 2.16. The van der Waals surface area contributed by atoms with Gasteiger partial charge in [-0.2, -0.15) is 0 Å². The fourth-order valence-corrected chi connectivity index (χ4v) is 2.08. The summed E-state index contributed by atoms with van der Waals surface area (Å²) in [4.78, 5) is 51.9. The van der Waals surface area contributed by atoms with Crippen LogP contribution in [0.2, 0.25) is 0 Å². The Morgan fingerprint density at radius 3 is 2.57 bits per heavy atom. The highest BCUT2D eigenvalue weighted by molar-refractivity contribution is 5.96. The van der Waals surface area contributed by atoms with Crippen LogP contribution < -0.4 is 15.8 Å². The Hall–Kier alpha value is -2.96. The van der Waals surface area contributed by atoms with Crippen LogP contribution in [0.25, 0.3) is 10.9 Å². The predicted molar refractivity (Wildman–Crippen MR) is 85.9 cm³/mol. The number of hydrogen-bond donors (Lipinski definition) is 1. The van der Waals surface area contributed by atoms with Crippen LogP contribution in [0.4, 0.5) is 5.69 Å². The summed E-state index contributed by atoms with van der Waals surface area (Å²) < 4.78 is 4.83. The number of H-pyrrole nitrogens is 1. The monoisotopic (exact) mass is 316 g/mol. The predicted octanol–water partition coefficient (Wildman–Crippen LogP) is 1.05. The van der Waals surface area contributed by atoms with E-state index >= 15 is 0 Å². The first-order valence-corrected chi connectivity index (χ1v) is 6.98. The van der Waals surface area contributed by atoms with Gasteiger partial charge in [0.1, 0.15) is 5.56 Å². The molecule has 0 spiro atoms. The van der Waals surface area contributed by atoms with Crippen LogP contribution in [0, 0.1) is 0 Å². The number of pyridine rings is 1. The number of esters is 1. The number of ether oxygens (including phenoxy) is 1. The minimum Gasteiger partial charge on any atom is -0.462 e. The van der Waals surface area contributed by atoms with E-state index in [1.165, 1.54) is 43.3 Å². The van der Waals surface area contributed by atoms with Gasteiger partial charge in [-0.3, -0.25) is 14.4 Å². The number of carbonyl (C=O) groups excluding carboxylic acids is 2. The normalized spacial score (nSPS) is 10.4. The van der Waals surface area contributed by atoms with Crippen molar-refractivity contribution in [3.63, 3.8) is 0 Å². The molecule has 0 unspecified atom stereocenters. The number of anilines is 1. The molecule has 120 valence electrons. The smallest absolute Gasteiger partial charge is 0.343 e. The second kappa shape index (κ2) is 6.43. The topological polar surface area (TPSA) is 96.5 Å². The fraction of sp³-hybridized carbons (Fsp3) is 0.250. The summed E-state index contributed by atoms with van der Waals surface area (Å²) in [6.45, 7) is 3.12. The van der Waals surface area contributed by atoms with Crippen molar-refractivity contribution in [1.82, 2.24) is 4.98 Å². The van der Waals surface area contributed by atoms with E-state index in [1.54, 1.807) is 6.92 Å². The van der Waals surface area contributed by atoms with Gasteiger partial charge in [-0.25, -0.2) is 4.79 Å². The van der Waals surface area contributed by atoms with Crippen LogP contribution in [0.5, 0.6) is 0 Å². The Morgan fingerprint density at radius 2 is 1.96 bits per heavy atom. The number of hydrogen-bond acceptors (Lipinski definition) is 5. The molecule has 7 heteroatoms. The second-order valence-electron chi connectivity index (χ2n) is 4.89. The molecule has 2 aromatic rings. The molecule has 0 fully saturated rings. The minimum atomic E-state index is -0.768. The van der Waals surface area contributed by atoms with Gasteiger partial charge in [0.25, 0.3) is 0 Å². The Balaban J connectivity index is 2.81. The van der Waals surface area contributed by atoms with Gasteiger partial charge in [0, 0.05) is 25.9 Å². The van der Waals surface area contributed by atoms with E-state index in [1.807, 2.05) is 0 Å². The molecule has 23 heavy (non-hydrogen) atoms. The maximum absolute atomic E-state index is 12.5. The van der Waals surface area contributed by atoms with Gasteiger partial charge in [0.2, 0.25) is 16.8 Å². The van der Waals surface area contributed by atoms with E-state index in [2.05, 4.69) is 4.98 Å². The van der Waals surface area contributed by atoms with E-state index in [0.717, 1.165) is 0 Å². The van der Waals surface area contributed by atoms with Gasteiger partial charge in [-0.05, 0) is 25.1 Å². The van der Waals surface area contributed by atoms with Crippen molar-refractivity contribution in [3.05, 3.63) is 50.4 Å². The highest BCUT2D eigenvalue weighted by atomic mass is 16.5. The summed E-state index contributed by atoms with van der Waals surface area (Å²) >= 11 is 0. The van der Waals surface area contributed by atoms with Gasteiger partial charge in [0.05, 0.1) is 17.5 Å². The molecule has 0 radical (unpaired) electrons. The van der Waals surface area contributed by atoms with Crippen LogP contribution in [-0.2, 0) is 9.53 Å². The van der Waals surface area contributed by atoms with Crippen molar-refractivity contribution < 1.29 is 14.3 Å². The first-order valence-electron chi connectivity index (χ1n) is 6.98. The van der Waals surface area contributed by atoms with Crippen molar-refractivity contribution in [2.75, 3.05) is 18.6 Å². The Kier molecular flexibility index (Phi) is 4.59. The third-order valence-electron chi connectivity index (χ3n) is 3.42. The molecule has 1 heterocycles. The Bertz CT molecular complexity index is 901. The molecule has 1 amide bonds. The van der Waals surface area contributed by atoms with Gasteiger partial charge in [0.15, 0.2) is 0 Å². The summed E-state index contributed by atoms with van der Waals surface area (Å²) in [6, 6.07) is 4.11. The van der Waals surface area contributed by atoms with Crippen molar-refractivity contribution >= 4 is 28.5 Å². The van der Waals surface area contributed by atoms with E-state index in [0.29, 0.717) is 5.69 Å². The first kappa shape index (κ1) is 16.4. The maximum atomic E-state index is 12.5. The number of aromatic amines is 1. The summed E-state index contributed by atoms with van der Waals surface area (Å²) in [6.07, 6.45) is 1.17. The molecule has 0 saturated heterocycles. The van der Waals surface area contributed by atoms with Crippen molar-refractivity contribution in [2.24, 2.45) is 0 Å². The zero-order valence-electron chi connectivity index (χ0n) is 13.0. The molecule has 7 nitrogen and oxygen atoms in total. The first-order chi connectivity index (χ1) is 10.9. The zero-order valence-corrected chi connectivity index (χ0v) is 13.0. The van der Waals surface area contributed by atoms with Crippen LogP contribution in [0.3, 0.4) is 0 Å². The Morgan fingerprint density at radius 1 is 1.26 bits per heavy atom. The van der Waals surface area contributed by atoms with Crippen LogP contribution in [0.15, 0.2) is 34.0 Å². The number of rotatable bonds is 3. The summed E-state index contributed by atoms with van der Waals surface area (Å²) in [7, 11) is 1.53. The SMILES string of the molecule is CCOC(=O)c1c[nH]c2c(=O)ccc(N(C)C(C)=O)cc2c1=O. The molecule has 0 aliphatic rings. The number of fused-ring (bicyclic) bond motifs is 1. The van der Waals surface area contributed by atoms with Crippen molar-refractivity contribution in [1.29, 1.82) is 0 Å². The molecule has 0 aliphatic carbocycles. The maximum Gasteiger partial charge on any atom is 0.343 e. The molecule has 0 saturated carbocycles. The molecule has 2 rings (SSSR count). The van der Waals surface area contributed by atoms with Crippen LogP contribution in [0.1, 0.15) is 24.2 Å². The standard InChI is InChI=1S/C16H16N2O5/c1-4-23-16(22)12-8-17-14-11(15(12)21)7-10(5-6-13(14)20)18(3)9(2)19/h5-8H,4H2,1-3H3,(H,17,21). The van der Waals surface area contributed by atoms with Gasteiger partial charge in [-0.15, -0.1) is 0 Å². The minimum absolute atomic E-state index is 0.0219. The molecule has 0 atom stereocenters. The number of carbonyl (C=O) groups is 2. The van der Waals surface area contributed by atoms with Gasteiger partial charge < -0.3 is 14.6 Å². The molecular weight excluding hydrogens is 300 g/mol. The van der Waals surface area contributed by atoms with Gasteiger partial charge >= 0.3 is 5.97 Å². The lowest BCUT2D eigenvalue weighted by atomic mass is 10.2. The lowest BCUT2D eigenvalue weighted by molar-refractivity contribution is -0.116. The van der Waals surface area contributed by atoms with E-state index in [-0.39, 0.29) is 29.0 Å². The van der Waals surface area contributed by atoms with Crippen molar-refractivity contribution in [3.8, 4) is 0 Å². The Labute approximate surface area is 131 Å². The molecule has 1 N–H and O–H groups in total. The quantitative estimate of drug-likeness (QED) is 0.854. The average Bonchev–Trinajstić information content (AvgIpc) is 2.67. The highest BCUT2D eigenvalue weighted by Crippen LogP contribution is 2.14. The van der Waals surface area contributed by atoms with E-state index in [9.17, 15) is 19.2 Å². The lowest BCUT2D eigenvalue weighted by Crippen LogP contribution is -2.22. The van der Waals surface area contributed by atoms with E-state index in [4.69, 9.17) is 4.74 Å². The summed E-state index contributed by atoms with van der Waals surface area (Å²) in [5, 5.41) is 0.0219. The van der Waals surface area contributed by atoms with Crippen LogP contribution >= 0.6 is 0 Å². The summed E-state index contributed by atoms with van der Waals surface area (Å²) in [5.41, 5.74) is -0.803. The molecule has 1 aromatic carbocycles. The fourth-order valence-electron chi connectivity index (χ4n) is 2.08. The molecule has 0 aliphatic heterocycles. The number of amides is 1. The average molecular weight is 316 g/mol. The third kappa shape index (κ3) is 3.13. The van der Waals surface area contributed by atoms with Gasteiger partial charge in [-0.1, -0.05) is 0 Å². The summed E-state index contributed by atoms with van der Waals surface area (Å²) in [5.74, 6) is -1.02. The number of aromatic nitrogens is 1. The zero-order chi connectivity index (χ0) is 17.1. The van der Waals surface area contributed by atoms with Crippen molar-refractivity contribution in [2.45, 2.75) is 13.8 Å². The third-order valence-corrected chi connectivity index (χ3v) is 3.42. The number of nitrogens with one attached hydrogen (secondary N) is 1. The molecule has 1 aromatic heterocycles. The second-order valence-corrected chi connectivity index (χ2v) is 4.89. The molecule has 0 bridgehead atoms. The largest absolute Gasteiger partial charge is 0.462 e.